The fourth-order valence-corrected chi connectivity index (χ4v) is 1.94. The van der Waals surface area contributed by atoms with Crippen LogP contribution in [0.15, 0.2) is 6.33 Å². The molecule has 1 aliphatic heterocycles. The summed E-state index contributed by atoms with van der Waals surface area (Å²) >= 11 is 0. The molecule has 1 atom stereocenters. The van der Waals surface area contributed by atoms with Gasteiger partial charge < -0.3 is 9.88 Å². The van der Waals surface area contributed by atoms with E-state index in [1.54, 1.807) is 17.9 Å². The van der Waals surface area contributed by atoms with Crippen LogP contribution in [-0.4, -0.2) is 27.9 Å². The summed E-state index contributed by atoms with van der Waals surface area (Å²) in [6.07, 6.45) is 3.42. The summed E-state index contributed by atoms with van der Waals surface area (Å²) in [7, 11) is 1.79. The van der Waals surface area contributed by atoms with E-state index in [1.807, 2.05) is 0 Å². The van der Waals surface area contributed by atoms with Gasteiger partial charge in [-0.05, 0) is 25.9 Å². The SMILES string of the molecule is Cn1cnnc1C1(F)CCCNCC1. The van der Waals surface area contributed by atoms with Gasteiger partial charge in [-0.2, -0.15) is 0 Å². The zero-order valence-corrected chi connectivity index (χ0v) is 8.33. The Balaban J connectivity index is 2.25. The maximum Gasteiger partial charge on any atom is 0.171 e. The van der Waals surface area contributed by atoms with Crippen LogP contribution < -0.4 is 5.32 Å². The first-order valence-corrected chi connectivity index (χ1v) is 4.96. The second-order valence-corrected chi connectivity index (χ2v) is 3.83. The highest BCUT2D eigenvalue weighted by Crippen LogP contribution is 2.33. The number of aromatic nitrogens is 3. The monoisotopic (exact) mass is 198 g/mol. The van der Waals surface area contributed by atoms with Crippen LogP contribution in [0.5, 0.6) is 0 Å². The van der Waals surface area contributed by atoms with Crippen molar-refractivity contribution in [1.82, 2.24) is 20.1 Å². The molecule has 14 heavy (non-hydrogen) atoms. The molecule has 4 nitrogen and oxygen atoms in total. The maximum atomic E-state index is 14.5. The Bertz CT molecular complexity index is 302. The summed E-state index contributed by atoms with van der Waals surface area (Å²) in [5.41, 5.74) is -1.30. The Hall–Kier alpha value is -0.970. The Labute approximate surface area is 82.5 Å². The maximum absolute atomic E-state index is 14.5. The molecule has 0 spiro atoms. The van der Waals surface area contributed by atoms with E-state index in [0.29, 0.717) is 25.2 Å². The van der Waals surface area contributed by atoms with Gasteiger partial charge in [0.25, 0.3) is 0 Å². The van der Waals surface area contributed by atoms with E-state index in [9.17, 15) is 4.39 Å². The average Bonchev–Trinajstić information content (AvgIpc) is 2.46. The molecule has 0 amide bonds. The van der Waals surface area contributed by atoms with Crippen molar-refractivity contribution in [3.8, 4) is 0 Å². The molecule has 0 bridgehead atoms. The van der Waals surface area contributed by atoms with E-state index in [2.05, 4.69) is 15.5 Å². The number of rotatable bonds is 1. The highest BCUT2D eigenvalue weighted by atomic mass is 19.1. The predicted molar refractivity (Wildman–Crippen MR) is 50.5 cm³/mol. The Morgan fingerprint density at radius 1 is 1.50 bits per heavy atom. The first-order chi connectivity index (χ1) is 6.72. The minimum atomic E-state index is -1.30. The van der Waals surface area contributed by atoms with Crippen molar-refractivity contribution in [3.63, 3.8) is 0 Å². The fraction of sp³-hybridized carbons (Fsp3) is 0.778. The molecule has 1 N–H and O–H groups in total. The van der Waals surface area contributed by atoms with Gasteiger partial charge in [-0.1, -0.05) is 0 Å². The third kappa shape index (κ3) is 1.64. The molecule has 0 aliphatic carbocycles. The fourth-order valence-electron chi connectivity index (χ4n) is 1.94. The van der Waals surface area contributed by atoms with Gasteiger partial charge in [-0.3, -0.25) is 0 Å². The molecule has 1 unspecified atom stereocenters. The van der Waals surface area contributed by atoms with Gasteiger partial charge in [-0.25, -0.2) is 4.39 Å². The highest BCUT2D eigenvalue weighted by molar-refractivity contribution is 5.02. The molecule has 2 rings (SSSR count). The number of nitrogens with zero attached hydrogens (tertiary/aromatic N) is 3. The molecule has 1 aromatic heterocycles. The standard InChI is InChI=1S/C9H15FN4/c1-14-7-12-13-8(14)9(10)3-2-5-11-6-4-9/h7,11H,2-6H2,1H3. The topological polar surface area (TPSA) is 42.7 Å². The molecular formula is C9H15FN4. The van der Waals surface area contributed by atoms with Gasteiger partial charge in [0.15, 0.2) is 11.5 Å². The van der Waals surface area contributed by atoms with Gasteiger partial charge in [0.1, 0.15) is 6.33 Å². The minimum Gasteiger partial charge on any atom is -0.318 e. The van der Waals surface area contributed by atoms with Gasteiger partial charge in [0.05, 0.1) is 0 Å². The molecule has 5 heteroatoms. The second kappa shape index (κ2) is 3.65. The smallest absolute Gasteiger partial charge is 0.171 e. The number of alkyl halides is 1. The van der Waals surface area contributed by atoms with E-state index in [4.69, 9.17) is 0 Å². The van der Waals surface area contributed by atoms with Crippen molar-refractivity contribution in [3.05, 3.63) is 12.2 Å². The van der Waals surface area contributed by atoms with E-state index in [0.717, 1.165) is 13.0 Å². The Morgan fingerprint density at radius 2 is 2.36 bits per heavy atom. The lowest BCUT2D eigenvalue weighted by molar-refractivity contribution is 0.128. The third-order valence-electron chi connectivity index (χ3n) is 2.74. The molecule has 0 aromatic carbocycles. The summed E-state index contributed by atoms with van der Waals surface area (Å²) < 4.78 is 16.2. The van der Waals surface area contributed by atoms with Crippen molar-refractivity contribution in [1.29, 1.82) is 0 Å². The first-order valence-electron chi connectivity index (χ1n) is 4.96. The van der Waals surface area contributed by atoms with Crippen LogP contribution >= 0.6 is 0 Å². The van der Waals surface area contributed by atoms with E-state index in [1.165, 1.54) is 0 Å². The number of halogens is 1. The quantitative estimate of drug-likeness (QED) is 0.724. The van der Waals surface area contributed by atoms with E-state index < -0.39 is 5.67 Å². The molecule has 78 valence electrons. The number of aryl methyl sites for hydroxylation is 1. The van der Waals surface area contributed by atoms with Gasteiger partial charge >= 0.3 is 0 Å². The van der Waals surface area contributed by atoms with Crippen LogP contribution in [0.3, 0.4) is 0 Å². The van der Waals surface area contributed by atoms with Crippen molar-refractivity contribution in [2.75, 3.05) is 13.1 Å². The van der Waals surface area contributed by atoms with Crippen LogP contribution in [-0.2, 0) is 12.7 Å². The lowest BCUT2D eigenvalue weighted by Crippen LogP contribution is -2.26. The lowest BCUT2D eigenvalue weighted by Gasteiger charge is -2.21. The van der Waals surface area contributed by atoms with Gasteiger partial charge in [-0.15, -0.1) is 10.2 Å². The number of hydrogen-bond donors (Lipinski definition) is 1. The molecule has 1 saturated heterocycles. The summed E-state index contributed by atoms with van der Waals surface area (Å²) in [6.45, 7) is 1.60. The normalized spacial score (nSPS) is 28.7. The van der Waals surface area contributed by atoms with Crippen LogP contribution in [0.2, 0.25) is 0 Å². The summed E-state index contributed by atoms with van der Waals surface area (Å²) in [5, 5.41) is 10.8. The second-order valence-electron chi connectivity index (χ2n) is 3.83. The summed E-state index contributed by atoms with van der Waals surface area (Å²) in [4.78, 5) is 0. The molecule has 1 aromatic rings. The summed E-state index contributed by atoms with van der Waals surface area (Å²) in [5.74, 6) is 0.459. The first kappa shape index (κ1) is 9.58. The van der Waals surface area contributed by atoms with Crippen molar-refractivity contribution < 1.29 is 4.39 Å². The molecule has 1 aliphatic rings. The zero-order valence-electron chi connectivity index (χ0n) is 8.33. The average molecular weight is 198 g/mol. The molecule has 0 radical (unpaired) electrons. The van der Waals surface area contributed by atoms with Crippen molar-refractivity contribution >= 4 is 0 Å². The summed E-state index contributed by atoms with van der Waals surface area (Å²) in [6, 6.07) is 0. The van der Waals surface area contributed by atoms with Gasteiger partial charge in [0.2, 0.25) is 0 Å². The van der Waals surface area contributed by atoms with Crippen LogP contribution in [0.1, 0.15) is 25.1 Å². The Kier molecular flexibility index (Phi) is 2.50. The van der Waals surface area contributed by atoms with Crippen LogP contribution in [0, 0.1) is 0 Å². The largest absolute Gasteiger partial charge is 0.318 e. The van der Waals surface area contributed by atoms with Crippen LogP contribution in [0.25, 0.3) is 0 Å². The molecule has 1 fully saturated rings. The van der Waals surface area contributed by atoms with Crippen molar-refractivity contribution in [2.24, 2.45) is 7.05 Å². The minimum absolute atomic E-state index is 0.459. The van der Waals surface area contributed by atoms with E-state index in [-0.39, 0.29) is 0 Å². The molecular weight excluding hydrogens is 183 g/mol. The number of hydrogen-bond acceptors (Lipinski definition) is 3. The molecule has 0 saturated carbocycles. The van der Waals surface area contributed by atoms with E-state index >= 15 is 0 Å². The Morgan fingerprint density at radius 3 is 3.07 bits per heavy atom. The molecule has 2 heterocycles. The van der Waals surface area contributed by atoms with Crippen LogP contribution in [0.4, 0.5) is 4.39 Å². The lowest BCUT2D eigenvalue weighted by atomic mass is 9.96. The van der Waals surface area contributed by atoms with Gasteiger partial charge in [0, 0.05) is 13.5 Å². The zero-order chi connectivity index (χ0) is 10.0. The van der Waals surface area contributed by atoms with Crippen molar-refractivity contribution in [2.45, 2.75) is 24.9 Å². The highest BCUT2D eigenvalue weighted by Gasteiger charge is 2.36. The third-order valence-corrected chi connectivity index (χ3v) is 2.74. The predicted octanol–water partition coefficient (Wildman–Crippen LogP) is 0.753. The number of nitrogens with one attached hydrogen (secondary N) is 1.